The van der Waals surface area contributed by atoms with Crippen LogP contribution in [-0.2, 0) is 29.5 Å². The van der Waals surface area contributed by atoms with Crippen LogP contribution in [0.1, 0.15) is 48.2 Å². The van der Waals surface area contributed by atoms with E-state index in [1.165, 1.54) is 0 Å². The second-order valence-corrected chi connectivity index (χ2v) is 8.65. The van der Waals surface area contributed by atoms with Gasteiger partial charge in [0.05, 0.1) is 11.1 Å². The summed E-state index contributed by atoms with van der Waals surface area (Å²) in [4.78, 5) is 27.5. The fourth-order valence-corrected chi connectivity index (χ4v) is 5.56. The van der Waals surface area contributed by atoms with E-state index in [-0.39, 0.29) is 18.0 Å². The van der Waals surface area contributed by atoms with E-state index in [0.717, 1.165) is 35.4 Å². The van der Waals surface area contributed by atoms with Gasteiger partial charge in [-0.3, -0.25) is 14.3 Å². The Labute approximate surface area is 171 Å². The highest BCUT2D eigenvalue weighted by atomic mass is 16.4. The van der Waals surface area contributed by atoms with Crippen molar-refractivity contribution in [2.45, 2.75) is 64.5 Å². The largest absolute Gasteiger partial charge is 0.481 e. The molecular weight excluding hydrogens is 366 g/mol. The monoisotopic (exact) mass is 395 g/mol. The number of hydrogen-bond acceptors (Lipinski definition) is 3. The van der Waals surface area contributed by atoms with Gasteiger partial charge in [0.2, 0.25) is 5.91 Å². The summed E-state index contributed by atoms with van der Waals surface area (Å²) in [6.45, 7) is 4.00. The smallest absolute Gasteiger partial charge is 0.312 e. The van der Waals surface area contributed by atoms with Gasteiger partial charge in [0.15, 0.2) is 0 Å². The molecular formula is C23H29N3O3. The van der Waals surface area contributed by atoms with E-state index in [1.54, 1.807) is 0 Å². The van der Waals surface area contributed by atoms with Crippen molar-refractivity contribution in [2.75, 3.05) is 0 Å². The predicted molar refractivity (Wildman–Crippen MR) is 109 cm³/mol. The second kappa shape index (κ2) is 7.32. The lowest BCUT2D eigenvalue weighted by atomic mass is 9.70. The summed E-state index contributed by atoms with van der Waals surface area (Å²) in [5.74, 6) is -0.693. The minimum absolute atomic E-state index is 0.0448. The molecule has 1 N–H and O–H groups in total. The van der Waals surface area contributed by atoms with Crippen LogP contribution in [0.5, 0.6) is 0 Å². The van der Waals surface area contributed by atoms with E-state index in [0.29, 0.717) is 25.7 Å². The first kappa shape index (κ1) is 19.7. The molecule has 3 heterocycles. The summed E-state index contributed by atoms with van der Waals surface area (Å²) in [6, 6.07) is 9.63. The van der Waals surface area contributed by atoms with Crippen molar-refractivity contribution in [1.29, 1.82) is 0 Å². The lowest BCUT2D eigenvalue weighted by Crippen LogP contribution is -2.46. The van der Waals surface area contributed by atoms with Gasteiger partial charge in [0.25, 0.3) is 0 Å². The molecule has 2 bridgehead atoms. The van der Waals surface area contributed by atoms with Crippen LogP contribution in [0.4, 0.5) is 0 Å². The summed E-state index contributed by atoms with van der Waals surface area (Å²) in [7, 11) is 1.92. The SMILES string of the molecule is Cc1nn(C)c(C)c1CCC(=O)N1[C@H]2CC[C@@H]1[C@](Cc1ccccc1)(C(=O)O)C2. The van der Waals surface area contributed by atoms with Crippen molar-refractivity contribution in [2.24, 2.45) is 12.5 Å². The van der Waals surface area contributed by atoms with Gasteiger partial charge >= 0.3 is 5.97 Å². The number of carbonyl (C=O) groups is 2. The van der Waals surface area contributed by atoms with Gasteiger partial charge in [-0.2, -0.15) is 5.10 Å². The number of carboxylic acid groups (broad SMARTS) is 1. The zero-order valence-corrected chi connectivity index (χ0v) is 17.4. The number of fused-ring (bicyclic) bond motifs is 2. The Morgan fingerprint density at radius 3 is 2.55 bits per heavy atom. The van der Waals surface area contributed by atoms with Gasteiger partial charge in [-0.05, 0) is 57.1 Å². The summed E-state index contributed by atoms with van der Waals surface area (Å²) in [5.41, 5.74) is 3.33. The first-order valence-corrected chi connectivity index (χ1v) is 10.4. The maximum atomic E-state index is 13.2. The normalized spacial score (nSPS) is 25.6. The minimum Gasteiger partial charge on any atom is -0.481 e. The predicted octanol–water partition coefficient (Wildman–Crippen LogP) is 3.05. The lowest BCUT2D eigenvalue weighted by Gasteiger charge is -2.33. The van der Waals surface area contributed by atoms with E-state index < -0.39 is 11.4 Å². The molecule has 3 atom stereocenters. The molecule has 2 aliphatic heterocycles. The number of aromatic nitrogens is 2. The molecule has 2 aliphatic rings. The fourth-order valence-electron chi connectivity index (χ4n) is 5.56. The van der Waals surface area contributed by atoms with Crippen molar-refractivity contribution >= 4 is 11.9 Å². The Hall–Kier alpha value is -2.63. The molecule has 4 rings (SSSR count). The highest BCUT2D eigenvalue weighted by Gasteiger charge is 2.61. The van der Waals surface area contributed by atoms with Crippen LogP contribution in [0.2, 0.25) is 0 Å². The number of aliphatic carboxylic acids is 1. The molecule has 0 aliphatic carbocycles. The maximum Gasteiger partial charge on any atom is 0.312 e. The van der Waals surface area contributed by atoms with Crippen molar-refractivity contribution in [3.8, 4) is 0 Å². The van der Waals surface area contributed by atoms with Gasteiger partial charge in [-0.25, -0.2) is 0 Å². The Balaban J connectivity index is 1.53. The van der Waals surface area contributed by atoms with Crippen LogP contribution in [0, 0.1) is 19.3 Å². The molecule has 0 radical (unpaired) electrons. The molecule has 1 aromatic carbocycles. The van der Waals surface area contributed by atoms with Gasteiger partial charge in [-0.15, -0.1) is 0 Å². The molecule has 6 heteroatoms. The fraction of sp³-hybridized carbons (Fsp3) is 0.522. The highest BCUT2D eigenvalue weighted by molar-refractivity contribution is 5.83. The van der Waals surface area contributed by atoms with Gasteiger partial charge in [0.1, 0.15) is 0 Å². The van der Waals surface area contributed by atoms with Crippen molar-refractivity contribution < 1.29 is 14.7 Å². The van der Waals surface area contributed by atoms with Crippen LogP contribution in [0.15, 0.2) is 30.3 Å². The zero-order valence-electron chi connectivity index (χ0n) is 17.4. The summed E-state index contributed by atoms with van der Waals surface area (Å²) in [5, 5.41) is 14.6. The molecule has 2 aromatic rings. The molecule has 2 saturated heterocycles. The number of carboxylic acids is 1. The topological polar surface area (TPSA) is 75.4 Å². The Morgan fingerprint density at radius 2 is 1.93 bits per heavy atom. The molecule has 1 aromatic heterocycles. The van der Waals surface area contributed by atoms with Gasteiger partial charge in [0, 0.05) is 31.2 Å². The standard InChI is InChI=1S/C23H29N3O3/c1-15-19(16(2)25(3)24-15)10-12-21(27)26-18-9-11-20(26)23(14-18,22(28)29)13-17-7-5-4-6-8-17/h4-8,18,20H,9-14H2,1-3H3,(H,28,29)/t18-,20+,23+/m0/s1. The Morgan fingerprint density at radius 1 is 1.21 bits per heavy atom. The molecule has 0 spiro atoms. The number of carbonyl (C=O) groups excluding carboxylic acids is 1. The number of rotatable bonds is 6. The van der Waals surface area contributed by atoms with Crippen LogP contribution in [-0.4, -0.2) is 43.7 Å². The molecule has 29 heavy (non-hydrogen) atoms. The van der Waals surface area contributed by atoms with Crippen LogP contribution in [0.3, 0.4) is 0 Å². The molecule has 0 saturated carbocycles. The van der Waals surface area contributed by atoms with E-state index in [9.17, 15) is 14.7 Å². The quantitative estimate of drug-likeness (QED) is 0.816. The third kappa shape index (κ3) is 3.24. The summed E-state index contributed by atoms with van der Waals surface area (Å²) < 4.78 is 1.85. The van der Waals surface area contributed by atoms with E-state index in [4.69, 9.17) is 0 Å². The van der Waals surface area contributed by atoms with Gasteiger partial charge in [-0.1, -0.05) is 30.3 Å². The number of hydrogen-bond donors (Lipinski definition) is 1. The first-order chi connectivity index (χ1) is 13.8. The minimum atomic E-state index is -0.875. The maximum absolute atomic E-state index is 13.2. The van der Waals surface area contributed by atoms with Crippen molar-refractivity contribution in [3.63, 3.8) is 0 Å². The average molecular weight is 396 g/mol. The molecule has 6 nitrogen and oxygen atoms in total. The molecule has 0 unspecified atom stereocenters. The number of aryl methyl sites for hydroxylation is 2. The van der Waals surface area contributed by atoms with Crippen molar-refractivity contribution in [3.05, 3.63) is 52.8 Å². The first-order valence-electron chi connectivity index (χ1n) is 10.4. The third-order valence-corrected chi connectivity index (χ3v) is 7.06. The van der Waals surface area contributed by atoms with Crippen LogP contribution in [0.25, 0.3) is 0 Å². The Bertz CT molecular complexity index is 936. The molecule has 2 fully saturated rings. The highest BCUT2D eigenvalue weighted by Crippen LogP contribution is 2.52. The molecule has 154 valence electrons. The Kier molecular flexibility index (Phi) is 4.97. The van der Waals surface area contributed by atoms with Crippen LogP contribution < -0.4 is 0 Å². The number of nitrogens with zero attached hydrogens (tertiary/aromatic N) is 3. The van der Waals surface area contributed by atoms with Gasteiger partial charge < -0.3 is 10.0 Å². The zero-order chi connectivity index (χ0) is 20.8. The molecule has 1 amide bonds. The van der Waals surface area contributed by atoms with E-state index in [1.807, 2.05) is 60.8 Å². The lowest BCUT2D eigenvalue weighted by molar-refractivity contribution is -0.151. The number of amides is 1. The number of benzene rings is 1. The summed E-state index contributed by atoms with van der Waals surface area (Å²) in [6.07, 6.45) is 3.78. The summed E-state index contributed by atoms with van der Waals surface area (Å²) >= 11 is 0. The average Bonchev–Trinajstić information content (AvgIpc) is 3.32. The van der Waals surface area contributed by atoms with E-state index in [2.05, 4.69) is 5.10 Å². The third-order valence-electron chi connectivity index (χ3n) is 7.06. The van der Waals surface area contributed by atoms with Crippen molar-refractivity contribution in [1.82, 2.24) is 14.7 Å². The van der Waals surface area contributed by atoms with Crippen LogP contribution >= 0.6 is 0 Å². The second-order valence-electron chi connectivity index (χ2n) is 8.65. The van der Waals surface area contributed by atoms with E-state index >= 15 is 0 Å².